The Labute approximate surface area is 151 Å². The highest BCUT2D eigenvalue weighted by Gasteiger charge is 2.30. The van der Waals surface area contributed by atoms with Crippen LogP contribution in [0.3, 0.4) is 0 Å². The first-order valence-electron chi connectivity index (χ1n) is 7.94. The van der Waals surface area contributed by atoms with E-state index in [1.807, 2.05) is 6.92 Å². The number of aromatic nitrogens is 2. The zero-order chi connectivity index (χ0) is 19.6. The molecule has 0 unspecified atom stereocenters. The molecule has 0 radical (unpaired) electrons. The molecule has 0 spiro atoms. The largest absolute Gasteiger partial charge is 0.416 e. The lowest BCUT2D eigenvalue weighted by Crippen LogP contribution is -2.21. The Morgan fingerprint density at radius 1 is 1.04 bits per heavy atom. The molecule has 0 aliphatic rings. The van der Waals surface area contributed by atoms with Crippen molar-refractivity contribution in [3.63, 3.8) is 0 Å². The fraction of sp³-hybridized carbons (Fsp3) is 0.167. The van der Waals surface area contributed by atoms with Crippen molar-refractivity contribution in [3.05, 3.63) is 53.7 Å². The van der Waals surface area contributed by atoms with Crippen LogP contribution >= 0.6 is 0 Å². The zero-order valence-corrected chi connectivity index (χ0v) is 14.1. The topological polar surface area (TPSA) is 86.9 Å². The Balaban J connectivity index is 1.61. The summed E-state index contributed by atoms with van der Waals surface area (Å²) in [5.41, 5.74) is 1.12. The Bertz CT molecular complexity index is 1010. The molecule has 3 rings (SSSR count). The van der Waals surface area contributed by atoms with Crippen LogP contribution in [0.25, 0.3) is 10.9 Å². The molecule has 3 aromatic rings. The fourth-order valence-electron chi connectivity index (χ4n) is 2.56. The molecule has 0 saturated heterocycles. The quantitative estimate of drug-likeness (QED) is 0.605. The number of rotatable bonds is 4. The zero-order valence-electron chi connectivity index (χ0n) is 14.1. The lowest BCUT2D eigenvalue weighted by Gasteiger charge is -2.10. The maximum Gasteiger partial charge on any atom is 0.416 e. The van der Waals surface area contributed by atoms with Crippen molar-refractivity contribution >= 4 is 34.1 Å². The van der Waals surface area contributed by atoms with E-state index in [0.29, 0.717) is 5.69 Å². The number of H-pyrrole nitrogens is 1. The molecule has 1 aromatic heterocycles. The van der Waals surface area contributed by atoms with Gasteiger partial charge in [0.05, 0.1) is 16.8 Å². The van der Waals surface area contributed by atoms with Gasteiger partial charge in [-0.3, -0.25) is 14.7 Å². The number of hydrogen-bond acceptors (Lipinski definition) is 3. The third-order valence-electron chi connectivity index (χ3n) is 3.83. The summed E-state index contributed by atoms with van der Waals surface area (Å²) < 4.78 is 38.1. The second-order valence-corrected chi connectivity index (χ2v) is 5.92. The van der Waals surface area contributed by atoms with Crippen molar-refractivity contribution in [1.82, 2.24) is 10.2 Å². The number of fused-ring (bicyclic) bond motifs is 1. The van der Waals surface area contributed by atoms with Crippen LogP contribution in [0.15, 0.2) is 42.5 Å². The third-order valence-corrected chi connectivity index (χ3v) is 3.83. The van der Waals surface area contributed by atoms with Crippen LogP contribution in [0.2, 0.25) is 0 Å². The highest BCUT2D eigenvalue weighted by Crippen LogP contribution is 2.30. The van der Waals surface area contributed by atoms with E-state index in [2.05, 4.69) is 20.8 Å². The van der Waals surface area contributed by atoms with E-state index in [9.17, 15) is 22.8 Å². The first-order valence-corrected chi connectivity index (χ1v) is 7.94. The Morgan fingerprint density at radius 2 is 1.70 bits per heavy atom. The van der Waals surface area contributed by atoms with Crippen molar-refractivity contribution < 1.29 is 22.8 Å². The predicted octanol–water partition coefficient (Wildman–Crippen LogP) is 3.86. The number of carbonyl (C=O) groups excluding carboxylic acids is 2. The summed E-state index contributed by atoms with van der Waals surface area (Å²) in [7, 11) is 0. The van der Waals surface area contributed by atoms with Crippen molar-refractivity contribution in [3.8, 4) is 0 Å². The van der Waals surface area contributed by atoms with Crippen LogP contribution < -0.4 is 10.6 Å². The van der Waals surface area contributed by atoms with Crippen molar-refractivity contribution in [2.24, 2.45) is 0 Å². The molecule has 0 aliphatic heterocycles. The van der Waals surface area contributed by atoms with E-state index in [0.717, 1.165) is 28.7 Å². The van der Waals surface area contributed by atoms with E-state index >= 15 is 0 Å². The highest BCUT2D eigenvalue weighted by molar-refractivity contribution is 6.08. The van der Waals surface area contributed by atoms with Crippen molar-refractivity contribution in [1.29, 1.82) is 0 Å². The van der Waals surface area contributed by atoms with Gasteiger partial charge in [-0.05, 0) is 43.3 Å². The summed E-state index contributed by atoms with van der Waals surface area (Å²) in [4.78, 5) is 23.9. The molecular weight excluding hydrogens is 361 g/mol. The van der Waals surface area contributed by atoms with E-state index < -0.39 is 30.0 Å². The summed E-state index contributed by atoms with van der Waals surface area (Å²) >= 11 is 0. The van der Waals surface area contributed by atoms with Gasteiger partial charge >= 0.3 is 6.18 Å². The van der Waals surface area contributed by atoms with Crippen LogP contribution in [-0.4, -0.2) is 22.0 Å². The number of nitrogens with one attached hydrogen (secondary N) is 3. The van der Waals surface area contributed by atoms with E-state index in [1.165, 1.54) is 12.1 Å². The third kappa shape index (κ3) is 4.43. The first kappa shape index (κ1) is 18.4. The van der Waals surface area contributed by atoms with Gasteiger partial charge in [0.15, 0.2) is 0 Å². The van der Waals surface area contributed by atoms with E-state index in [1.54, 1.807) is 18.2 Å². The second kappa shape index (κ2) is 7.10. The molecule has 0 fully saturated rings. The van der Waals surface area contributed by atoms with Crippen LogP contribution in [0, 0.1) is 6.92 Å². The van der Waals surface area contributed by atoms with Gasteiger partial charge in [-0.25, -0.2) is 0 Å². The van der Waals surface area contributed by atoms with Gasteiger partial charge in [-0.2, -0.15) is 18.3 Å². The normalized spacial score (nSPS) is 11.4. The molecule has 9 heteroatoms. The maximum absolute atomic E-state index is 12.7. The lowest BCUT2D eigenvalue weighted by molar-refractivity contribution is -0.137. The molecule has 1 heterocycles. The molecule has 0 aliphatic carbocycles. The number of benzene rings is 2. The highest BCUT2D eigenvalue weighted by atomic mass is 19.4. The number of aryl methyl sites for hydroxylation is 1. The van der Waals surface area contributed by atoms with Gasteiger partial charge in [0.25, 0.3) is 0 Å². The monoisotopic (exact) mass is 376 g/mol. The first-order chi connectivity index (χ1) is 12.7. The van der Waals surface area contributed by atoms with Crippen molar-refractivity contribution in [2.75, 3.05) is 10.6 Å². The minimum atomic E-state index is -4.51. The molecule has 0 saturated carbocycles. The second-order valence-electron chi connectivity index (χ2n) is 5.92. The summed E-state index contributed by atoms with van der Waals surface area (Å²) in [5.74, 6) is -1.31. The Kier molecular flexibility index (Phi) is 4.85. The number of aromatic amines is 1. The van der Waals surface area contributed by atoms with Gasteiger partial charge in [0.1, 0.15) is 6.42 Å². The molecule has 3 N–H and O–H groups in total. The predicted molar refractivity (Wildman–Crippen MR) is 94.2 cm³/mol. The van der Waals surface area contributed by atoms with E-state index in [4.69, 9.17) is 0 Å². The van der Waals surface area contributed by atoms with Crippen LogP contribution in [0.1, 0.15) is 17.7 Å². The van der Waals surface area contributed by atoms with E-state index in [-0.39, 0.29) is 5.69 Å². The molecule has 140 valence electrons. The van der Waals surface area contributed by atoms with Crippen LogP contribution in [0.5, 0.6) is 0 Å². The number of nitrogens with zero attached hydrogens (tertiary/aromatic N) is 1. The number of hydrogen-bond donors (Lipinski definition) is 3. The van der Waals surface area contributed by atoms with Crippen LogP contribution in [0.4, 0.5) is 24.5 Å². The fourth-order valence-corrected chi connectivity index (χ4v) is 2.56. The minimum absolute atomic E-state index is 0.0306. The average molecular weight is 376 g/mol. The number of halogens is 3. The number of anilines is 2. The number of amides is 2. The minimum Gasteiger partial charge on any atom is -0.326 e. The maximum atomic E-state index is 12.7. The van der Waals surface area contributed by atoms with Gasteiger partial charge < -0.3 is 10.6 Å². The number of carbonyl (C=O) groups is 2. The van der Waals surface area contributed by atoms with Crippen LogP contribution in [-0.2, 0) is 15.8 Å². The average Bonchev–Trinajstić information content (AvgIpc) is 2.94. The summed E-state index contributed by atoms with van der Waals surface area (Å²) in [6.07, 6.45) is -5.04. The van der Waals surface area contributed by atoms with Gasteiger partial charge in [0, 0.05) is 16.8 Å². The standard InChI is InChI=1S/C18H15F3N4O2/c1-10-14-6-5-13(8-15(14)25-24-10)23-17(27)9-16(26)22-12-4-2-3-11(7-12)18(19,20)21/h2-8H,9H2,1H3,(H,22,26)(H,23,27)(H,24,25). The molecule has 27 heavy (non-hydrogen) atoms. The molecular formula is C18H15F3N4O2. The van der Waals surface area contributed by atoms with Crippen molar-refractivity contribution in [2.45, 2.75) is 19.5 Å². The smallest absolute Gasteiger partial charge is 0.326 e. The number of alkyl halides is 3. The summed E-state index contributed by atoms with van der Waals surface area (Å²) in [5, 5.41) is 12.6. The molecule has 6 nitrogen and oxygen atoms in total. The Morgan fingerprint density at radius 3 is 2.37 bits per heavy atom. The lowest BCUT2D eigenvalue weighted by atomic mass is 10.2. The van der Waals surface area contributed by atoms with Gasteiger partial charge in [-0.15, -0.1) is 0 Å². The summed E-state index contributed by atoms with van der Waals surface area (Å²) in [6, 6.07) is 9.34. The SMILES string of the molecule is Cc1n[nH]c2cc(NC(=O)CC(=O)Nc3cccc(C(F)(F)F)c3)ccc12. The molecule has 0 bridgehead atoms. The van der Waals surface area contributed by atoms with Gasteiger partial charge in [-0.1, -0.05) is 6.07 Å². The van der Waals surface area contributed by atoms with Gasteiger partial charge in [0.2, 0.25) is 11.8 Å². The molecule has 2 aromatic carbocycles. The molecule has 0 atom stereocenters. The molecule has 2 amide bonds. The Hall–Kier alpha value is -3.36. The summed E-state index contributed by atoms with van der Waals surface area (Å²) in [6.45, 7) is 1.84.